The molecular weight excluding hydrogens is 280 g/mol. The Morgan fingerprint density at radius 1 is 1.23 bits per heavy atom. The molecule has 2 heterocycles. The maximum Gasteiger partial charge on any atom is 0.264 e. The van der Waals surface area contributed by atoms with Crippen LogP contribution in [0.4, 0.5) is 5.69 Å². The summed E-state index contributed by atoms with van der Waals surface area (Å²) in [6.45, 7) is 2.28. The predicted octanol–water partition coefficient (Wildman–Crippen LogP) is 1.91. The number of anilines is 1. The van der Waals surface area contributed by atoms with Crippen LogP contribution in [0.15, 0.2) is 48.8 Å². The van der Waals surface area contributed by atoms with Gasteiger partial charge in [0.05, 0.1) is 12.1 Å². The number of pyridine rings is 1. The van der Waals surface area contributed by atoms with Crippen molar-refractivity contribution in [3.8, 4) is 0 Å². The highest BCUT2D eigenvalue weighted by atomic mass is 16.3. The fourth-order valence-corrected chi connectivity index (χ4v) is 2.86. The van der Waals surface area contributed by atoms with Gasteiger partial charge in [0, 0.05) is 30.1 Å². The Balaban J connectivity index is 1.99. The van der Waals surface area contributed by atoms with Crippen LogP contribution in [-0.4, -0.2) is 28.3 Å². The van der Waals surface area contributed by atoms with Crippen molar-refractivity contribution in [3.63, 3.8) is 0 Å². The van der Waals surface area contributed by atoms with E-state index in [0.717, 1.165) is 0 Å². The molecule has 0 bridgehead atoms. The van der Waals surface area contributed by atoms with Crippen molar-refractivity contribution in [1.82, 2.24) is 4.98 Å². The van der Waals surface area contributed by atoms with Crippen LogP contribution in [-0.2, 0) is 10.4 Å². The van der Waals surface area contributed by atoms with Gasteiger partial charge in [0.1, 0.15) is 0 Å². The number of para-hydroxylation sites is 1. The van der Waals surface area contributed by atoms with Crippen molar-refractivity contribution in [2.24, 2.45) is 0 Å². The summed E-state index contributed by atoms with van der Waals surface area (Å²) in [4.78, 5) is 30.4. The number of hydrogen-bond acceptors (Lipinski definition) is 4. The molecule has 5 heteroatoms. The van der Waals surface area contributed by atoms with Gasteiger partial charge in [-0.3, -0.25) is 14.6 Å². The van der Waals surface area contributed by atoms with Crippen LogP contribution in [0.5, 0.6) is 0 Å². The Bertz CT molecular complexity index is 730. The van der Waals surface area contributed by atoms with Gasteiger partial charge in [-0.1, -0.05) is 18.2 Å². The number of amides is 1. The molecule has 2 aromatic rings. The van der Waals surface area contributed by atoms with Crippen LogP contribution in [0.2, 0.25) is 0 Å². The molecule has 1 aromatic carbocycles. The van der Waals surface area contributed by atoms with E-state index in [9.17, 15) is 14.7 Å². The van der Waals surface area contributed by atoms with E-state index < -0.39 is 11.5 Å². The smallest absolute Gasteiger partial charge is 0.264 e. The second-order valence-corrected chi connectivity index (χ2v) is 5.26. The molecule has 1 aromatic heterocycles. The zero-order valence-electron chi connectivity index (χ0n) is 12.2. The largest absolute Gasteiger partial charge is 0.375 e. The second-order valence-electron chi connectivity index (χ2n) is 5.26. The van der Waals surface area contributed by atoms with Gasteiger partial charge >= 0.3 is 0 Å². The van der Waals surface area contributed by atoms with Gasteiger partial charge in [0.25, 0.3) is 5.91 Å². The first-order valence-electron chi connectivity index (χ1n) is 7.15. The lowest BCUT2D eigenvalue weighted by atomic mass is 9.88. The Morgan fingerprint density at radius 3 is 2.59 bits per heavy atom. The van der Waals surface area contributed by atoms with Crippen LogP contribution in [0.3, 0.4) is 0 Å². The number of carbonyl (C=O) groups excluding carboxylic acids is 2. The Labute approximate surface area is 128 Å². The van der Waals surface area contributed by atoms with Crippen LogP contribution < -0.4 is 4.90 Å². The molecule has 1 amide bonds. The Hall–Kier alpha value is -2.53. The van der Waals surface area contributed by atoms with Crippen molar-refractivity contribution in [2.45, 2.75) is 18.9 Å². The van der Waals surface area contributed by atoms with E-state index in [4.69, 9.17) is 0 Å². The quantitative estimate of drug-likeness (QED) is 0.875. The molecule has 3 rings (SSSR count). The van der Waals surface area contributed by atoms with Gasteiger partial charge in [-0.15, -0.1) is 0 Å². The molecule has 1 aliphatic heterocycles. The van der Waals surface area contributed by atoms with Crippen LogP contribution >= 0.6 is 0 Å². The van der Waals surface area contributed by atoms with E-state index in [-0.39, 0.29) is 12.2 Å². The van der Waals surface area contributed by atoms with Gasteiger partial charge in [-0.05, 0) is 25.1 Å². The van der Waals surface area contributed by atoms with Gasteiger partial charge in [-0.25, -0.2) is 0 Å². The summed E-state index contributed by atoms with van der Waals surface area (Å²) >= 11 is 0. The maximum absolute atomic E-state index is 12.6. The molecule has 1 N–H and O–H groups in total. The molecule has 5 nitrogen and oxygen atoms in total. The number of rotatable bonds is 4. The fourth-order valence-electron chi connectivity index (χ4n) is 2.86. The van der Waals surface area contributed by atoms with Gasteiger partial charge in [-0.2, -0.15) is 0 Å². The molecule has 0 radical (unpaired) electrons. The molecule has 0 saturated heterocycles. The fraction of sp³-hybridized carbons (Fsp3) is 0.235. The number of likely N-dealkylation sites (N-methyl/N-ethyl adjacent to an activating group) is 1. The SMILES string of the molecule is CCN1C(=O)[C@@](O)(CC(=O)c2ccncc2)c2ccccc21. The minimum absolute atomic E-state index is 0.274. The lowest BCUT2D eigenvalue weighted by Crippen LogP contribution is -2.41. The average Bonchev–Trinajstić information content (AvgIpc) is 2.76. The summed E-state index contributed by atoms with van der Waals surface area (Å²) in [7, 11) is 0. The summed E-state index contributed by atoms with van der Waals surface area (Å²) in [6, 6.07) is 10.2. The number of benzene rings is 1. The van der Waals surface area contributed by atoms with E-state index in [2.05, 4.69) is 4.98 Å². The van der Waals surface area contributed by atoms with E-state index in [0.29, 0.717) is 23.4 Å². The highest BCUT2D eigenvalue weighted by Gasteiger charge is 2.50. The first-order valence-corrected chi connectivity index (χ1v) is 7.15. The lowest BCUT2D eigenvalue weighted by molar-refractivity contribution is -0.135. The number of fused-ring (bicyclic) bond motifs is 1. The number of hydrogen-bond donors (Lipinski definition) is 1. The number of aliphatic hydroxyl groups is 1. The van der Waals surface area contributed by atoms with Crippen molar-refractivity contribution >= 4 is 17.4 Å². The minimum Gasteiger partial charge on any atom is -0.375 e. The van der Waals surface area contributed by atoms with E-state index >= 15 is 0 Å². The summed E-state index contributed by atoms with van der Waals surface area (Å²) in [5.74, 6) is -0.732. The summed E-state index contributed by atoms with van der Waals surface area (Å²) < 4.78 is 0. The number of Topliss-reactive ketones (excluding diaryl/α,β-unsaturated/α-hetero) is 1. The molecule has 0 unspecified atom stereocenters. The zero-order chi connectivity index (χ0) is 15.7. The molecule has 0 saturated carbocycles. The van der Waals surface area contributed by atoms with Crippen LogP contribution in [0, 0.1) is 0 Å². The Kier molecular flexibility index (Phi) is 3.50. The third-order valence-electron chi connectivity index (χ3n) is 3.97. The van der Waals surface area contributed by atoms with Crippen LogP contribution in [0.1, 0.15) is 29.3 Å². The van der Waals surface area contributed by atoms with Crippen molar-refractivity contribution in [2.75, 3.05) is 11.4 Å². The molecule has 0 spiro atoms. The predicted molar refractivity (Wildman–Crippen MR) is 81.6 cm³/mol. The third-order valence-corrected chi connectivity index (χ3v) is 3.97. The average molecular weight is 296 g/mol. The highest BCUT2D eigenvalue weighted by molar-refractivity contribution is 6.10. The van der Waals surface area contributed by atoms with E-state index in [1.807, 2.05) is 13.0 Å². The molecular formula is C17H16N2O3. The standard InChI is InChI=1S/C17H16N2O3/c1-2-19-14-6-4-3-5-13(14)17(22,16(19)21)11-15(20)12-7-9-18-10-8-12/h3-10,22H,2,11H2,1H3/t17-/m1/s1. The number of nitrogens with zero attached hydrogens (tertiary/aromatic N) is 2. The van der Waals surface area contributed by atoms with Gasteiger partial charge in [0.2, 0.25) is 0 Å². The highest BCUT2D eigenvalue weighted by Crippen LogP contribution is 2.42. The zero-order valence-corrected chi connectivity index (χ0v) is 12.2. The molecule has 0 aliphatic carbocycles. The first kappa shape index (κ1) is 14.4. The Morgan fingerprint density at radius 2 is 1.91 bits per heavy atom. The van der Waals surface area contributed by atoms with Gasteiger partial charge in [0.15, 0.2) is 11.4 Å². The van der Waals surface area contributed by atoms with Crippen molar-refractivity contribution in [3.05, 3.63) is 59.9 Å². The van der Waals surface area contributed by atoms with Gasteiger partial charge < -0.3 is 10.0 Å². The molecule has 22 heavy (non-hydrogen) atoms. The number of carbonyl (C=O) groups is 2. The topological polar surface area (TPSA) is 70.5 Å². The summed E-state index contributed by atoms with van der Waals surface area (Å²) in [5, 5.41) is 10.9. The van der Waals surface area contributed by atoms with E-state index in [1.54, 1.807) is 30.3 Å². The first-order chi connectivity index (χ1) is 10.6. The lowest BCUT2D eigenvalue weighted by Gasteiger charge is -2.22. The molecule has 0 fully saturated rings. The summed E-state index contributed by atoms with van der Waals surface area (Å²) in [5.41, 5.74) is -0.208. The van der Waals surface area contributed by atoms with E-state index in [1.165, 1.54) is 17.3 Å². The third kappa shape index (κ3) is 2.10. The van der Waals surface area contributed by atoms with Crippen molar-refractivity contribution < 1.29 is 14.7 Å². The summed E-state index contributed by atoms with van der Waals surface area (Å²) in [6.07, 6.45) is 2.75. The molecule has 1 atom stereocenters. The number of ketones is 1. The number of aromatic nitrogens is 1. The second kappa shape index (κ2) is 5.35. The molecule has 112 valence electrons. The molecule has 1 aliphatic rings. The monoisotopic (exact) mass is 296 g/mol. The van der Waals surface area contributed by atoms with Crippen LogP contribution in [0.25, 0.3) is 0 Å². The minimum atomic E-state index is -1.80. The normalized spacial score (nSPS) is 20.1. The van der Waals surface area contributed by atoms with Crippen molar-refractivity contribution in [1.29, 1.82) is 0 Å². The maximum atomic E-state index is 12.6.